The van der Waals surface area contributed by atoms with Gasteiger partial charge in [0.1, 0.15) is 5.83 Å². The Morgan fingerprint density at radius 1 is 1.36 bits per heavy atom. The zero-order valence-electron chi connectivity index (χ0n) is 6.81. The normalized spacial score (nSPS) is 17.3. The maximum absolute atomic E-state index is 12.6. The number of hydrogen-bond acceptors (Lipinski definition) is 0. The van der Waals surface area contributed by atoms with Gasteiger partial charge in [0.2, 0.25) is 0 Å². The summed E-state index contributed by atoms with van der Waals surface area (Å²) < 4.78 is 12.6. The van der Waals surface area contributed by atoms with Gasteiger partial charge in [-0.2, -0.15) is 0 Å². The van der Waals surface area contributed by atoms with Gasteiger partial charge in [0.25, 0.3) is 0 Å². The molecule has 0 amide bonds. The highest BCUT2D eigenvalue weighted by Gasteiger charge is 1.95. The topological polar surface area (TPSA) is 0 Å². The summed E-state index contributed by atoms with van der Waals surface area (Å²) in [6.45, 7) is 2.13. The van der Waals surface area contributed by atoms with Crippen LogP contribution in [0.3, 0.4) is 0 Å². The van der Waals surface area contributed by atoms with Gasteiger partial charge in [0.15, 0.2) is 0 Å². The van der Waals surface area contributed by atoms with Crippen LogP contribution < -0.4 is 0 Å². The molecular weight excluding hydrogens is 139 g/mol. The number of hydrogen-bond donors (Lipinski definition) is 0. The van der Waals surface area contributed by atoms with Crippen LogP contribution in [0.25, 0.3) is 0 Å². The fraction of sp³-hybridized carbons (Fsp3) is 0.400. The van der Waals surface area contributed by atoms with E-state index in [4.69, 9.17) is 0 Å². The number of allylic oxidation sites excluding steroid dienone is 6. The van der Waals surface area contributed by atoms with Crippen LogP contribution in [0.2, 0.25) is 0 Å². The zero-order chi connectivity index (χ0) is 8.10. The Morgan fingerprint density at radius 3 is 2.91 bits per heavy atom. The van der Waals surface area contributed by atoms with Gasteiger partial charge in [-0.15, -0.1) is 0 Å². The molecule has 0 nitrogen and oxygen atoms in total. The van der Waals surface area contributed by atoms with Gasteiger partial charge >= 0.3 is 0 Å². The highest BCUT2D eigenvalue weighted by Crippen LogP contribution is 2.14. The van der Waals surface area contributed by atoms with Crippen LogP contribution >= 0.6 is 0 Å². The summed E-state index contributed by atoms with van der Waals surface area (Å²) in [5, 5.41) is 0. The Balaban J connectivity index is 2.58. The molecule has 0 aromatic carbocycles. The fourth-order valence-electron chi connectivity index (χ4n) is 1.12. The maximum Gasteiger partial charge on any atom is 0.119 e. The van der Waals surface area contributed by atoms with Gasteiger partial charge in [-0.3, -0.25) is 0 Å². The quantitative estimate of drug-likeness (QED) is 0.567. The van der Waals surface area contributed by atoms with Crippen molar-refractivity contribution >= 4 is 0 Å². The first-order chi connectivity index (χ1) is 5.33. The molecular formula is C10H13F. The van der Waals surface area contributed by atoms with E-state index in [1.165, 1.54) is 11.6 Å². The van der Waals surface area contributed by atoms with Crippen molar-refractivity contribution < 1.29 is 4.39 Å². The molecule has 0 atom stereocenters. The van der Waals surface area contributed by atoms with Gasteiger partial charge in [0, 0.05) is 0 Å². The van der Waals surface area contributed by atoms with E-state index in [-0.39, 0.29) is 5.83 Å². The second-order valence-corrected chi connectivity index (χ2v) is 2.69. The lowest BCUT2D eigenvalue weighted by atomic mass is 10.1. The molecule has 60 valence electrons. The minimum Gasteiger partial charge on any atom is -0.207 e. The van der Waals surface area contributed by atoms with Crippen molar-refractivity contribution in [1.82, 2.24) is 0 Å². The highest BCUT2D eigenvalue weighted by atomic mass is 19.1. The van der Waals surface area contributed by atoms with Crippen LogP contribution in [0, 0.1) is 0 Å². The third-order valence-electron chi connectivity index (χ3n) is 1.69. The monoisotopic (exact) mass is 152 g/mol. The molecule has 1 heteroatoms. The van der Waals surface area contributed by atoms with Crippen LogP contribution in [0.4, 0.5) is 4.39 Å². The summed E-state index contributed by atoms with van der Waals surface area (Å²) in [7, 11) is 0. The fourth-order valence-corrected chi connectivity index (χ4v) is 1.12. The molecule has 1 aliphatic carbocycles. The van der Waals surface area contributed by atoms with Gasteiger partial charge in [-0.25, -0.2) is 4.39 Å². The molecule has 11 heavy (non-hydrogen) atoms. The summed E-state index contributed by atoms with van der Waals surface area (Å²) in [6, 6.07) is 0. The predicted molar refractivity (Wildman–Crippen MR) is 45.9 cm³/mol. The second-order valence-electron chi connectivity index (χ2n) is 2.69. The van der Waals surface area contributed by atoms with Crippen molar-refractivity contribution in [3.8, 4) is 0 Å². The van der Waals surface area contributed by atoms with E-state index >= 15 is 0 Å². The smallest absolute Gasteiger partial charge is 0.119 e. The molecule has 0 spiro atoms. The Hall–Kier alpha value is -0.850. The van der Waals surface area contributed by atoms with Gasteiger partial charge in [-0.05, 0) is 25.0 Å². The summed E-state index contributed by atoms with van der Waals surface area (Å²) >= 11 is 0. The third-order valence-corrected chi connectivity index (χ3v) is 1.69. The van der Waals surface area contributed by atoms with Crippen LogP contribution in [0.5, 0.6) is 0 Å². The minimum absolute atomic E-state index is 0.118. The maximum atomic E-state index is 12.6. The van der Waals surface area contributed by atoms with Gasteiger partial charge in [0.05, 0.1) is 0 Å². The molecule has 1 rings (SSSR count). The van der Waals surface area contributed by atoms with E-state index in [1.807, 2.05) is 6.08 Å². The summed E-state index contributed by atoms with van der Waals surface area (Å²) in [6.07, 6.45) is 9.98. The molecule has 0 heterocycles. The predicted octanol–water partition coefficient (Wildman–Crippen LogP) is 3.53. The average molecular weight is 152 g/mol. The Kier molecular flexibility index (Phi) is 3.09. The van der Waals surface area contributed by atoms with Crippen LogP contribution in [0.1, 0.15) is 26.2 Å². The Labute approximate surface area is 67.1 Å². The molecule has 0 aromatic heterocycles. The molecule has 0 bridgehead atoms. The number of halogens is 1. The van der Waals surface area contributed by atoms with E-state index in [2.05, 4.69) is 13.0 Å². The highest BCUT2D eigenvalue weighted by molar-refractivity contribution is 5.28. The van der Waals surface area contributed by atoms with Crippen molar-refractivity contribution in [2.24, 2.45) is 0 Å². The summed E-state index contributed by atoms with van der Waals surface area (Å²) in [4.78, 5) is 0. The van der Waals surface area contributed by atoms with Crippen molar-refractivity contribution in [2.75, 3.05) is 0 Å². The van der Waals surface area contributed by atoms with Crippen LogP contribution in [-0.2, 0) is 0 Å². The van der Waals surface area contributed by atoms with E-state index in [0.717, 1.165) is 19.3 Å². The largest absolute Gasteiger partial charge is 0.207 e. The Bertz CT molecular complexity index is 209. The molecule has 0 aliphatic heterocycles. The Morgan fingerprint density at radius 2 is 2.18 bits per heavy atom. The second kappa shape index (κ2) is 4.12. The first kappa shape index (κ1) is 8.25. The molecule has 0 radical (unpaired) electrons. The SMILES string of the molecule is CCCC1=CCC=C(F)C=C1. The molecule has 1 aliphatic rings. The van der Waals surface area contributed by atoms with Crippen molar-refractivity contribution in [2.45, 2.75) is 26.2 Å². The van der Waals surface area contributed by atoms with E-state index in [0.29, 0.717) is 0 Å². The lowest BCUT2D eigenvalue weighted by Gasteiger charge is -1.95. The molecule has 0 saturated carbocycles. The summed E-state index contributed by atoms with van der Waals surface area (Å²) in [5.41, 5.74) is 1.25. The zero-order valence-corrected chi connectivity index (χ0v) is 6.81. The van der Waals surface area contributed by atoms with E-state index < -0.39 is 0 Å². The van der Waals surface area contributed by atoms with Crippen molar-refractivity contribution in [3.63, 3.8) is 0 Å². The average Bonchev–Trinajstić information content (AvgIpc) is 2.17. The van der Waals surface area contributed by atoms with Crippen molar-refractivity contribution in [3.05, 3.63) is 35.7 Å². The van der Waals surface area contributed by atoms with Crippen LogP contribution in [0.15, 0.2) is 35.7 Å². The molecule has 0 fully saturated rings. The number of rotatable bonds is 2. The molecule has 0 N–H and O–H groups in total. The minimum atomic E-state index is -0.118. The first-order valence-corrected chi connectivity index (χ1v) is 4.05. The van der Waals surface area contributed by atoms with Gasteiger partial charge in [-0.1, -0.05) is 31.1 Å². The van der Waals surface area contributed by atoms with E-state index in [1.54, 1.807) is 6.08 Å². The lowest BCUT2D eigenvalue weighted by Crippen LogP contribution is -1.75. The summed E-state index contributed by atoms with van der Waals surface area (Å²) in [5.74, 6) is -0.118. The third kappa shape index (κ3) is 2.71. The first-order valence-electron chi connectivity index (χ1n) is 4.05. The molecule has 0 unspecified atom stereocenters. The lowest BCUT2D eigenvalue weighted by molar-refractivity contribution is 0.663. The van der Waals surface area contributed by atoms with Crippen molar-refractivity contribution in [1.29, 1.82) is 0 Å². The van der Waals surface area contributed by atoms with E-state index in [9.17, 15) is 4.39 Å². The van der Waals surface area contributed by atoms with Gasteiger partial charge < -0.3 is 0 Å². The molecule has 0 saturated heterocycles. The van der Waals surface area contributed by atoms with Crippen LogP contribution in [-0.4, -0.2) is 0 Å². The molecule has 0 aromatic rings. The standard InChI is InChI=1S/C10H13F/c1-2-4-9-5-3-6-10(11)8-7-9/h5-8H,2-4H2,1H3.